The van der Waals surface area contributed by atoms with Crippen molar-refractivity contribution in [1.82, 2.24) is 4.98 Å². The number of nitrogens with zero attached hydrogens (tertiary/aromatic N) is 3. The molecule has 0 aromatic carbocycles. The zero-order valence-electron chi connectivity index (χ0n) is 11.1. The minimum atomic E-state index is -0.469. The molecule has 7 nitrogen and oxygen atoms in total. The van der Waals surface area contributed by atoms with Crippen LogP contribution in [0.2, 0.25) is 0 Å². The molecule has 1 aliphatic rings. The summed E-state index contributed by atoms with van der Waals surface area (Å²) < 4.78 is 5.30. The Morgan fingerprint density at radius 1 is 1.60 bits per heavy atom. The first-order chi connectivity index (χ1) is 9.43. The number of nitro groups is 1. The highest BCUT2D eigenvalue weighted by Gasteiger charge is 2.38. The van der Waals surface area contributed by atoms with Gasteiger partial charge in [-0.3, -0.25) is 14.9 Å². The van der Waals surface area contributed by atoms with Crippen molar-refractivity contribution in [2.45, 2.75) is 6.92 Å². The number of methoxy groups -OCH3 is 1. The van der Waals surface area contributed by atoms with Gasteiger partial charge >= 0.3 is 11.7 Å². The summed E-state index contributed by atoms with van der Waals surface area (Å²) in [7, 11) is 1.35. The van der Waals surface area contributed by atoms with Crippen LogP contribution in [0.5, 0.6) is 0 Å². The van der Waals surface area contributed by atoms with E-state index in [1.807, 2.05) is 6.92 Å². The third-order valence-corrected chi connectivity index (χ3v) is 3.86. The van der Waals surface area contributed by atoms with Gasteiger partial charge in [-0.25, -0.2) is 4.98 Å². The molecule has 0 spiro atoms. The van der Waals surface area contributed by atoms with E-state index < -0.39 is 4.92 Å². The van der Waals surface area contributed by atoms with Crippen molar-refractivity contribution in [1.29, 1.82) is 0 Å². The molecule has 2 rings (SSSR count). The standard InChI is InChI=1S/C12H14BrN3O4/c1-7-5-15(6-9(7)12(17)20-2)11-10(16(18)19)3-8(13)4-14-11/h3-4,7,9H,5-6H2,1-2H3. The Bertz CT molecular complexity index is 552. The van der Waals surface area contributed by atoms with Crippen LogP contribution in [0.4, 0.5) is 11.5 Å². The summed E-state index contributed by atoms with van der Waals surface area (Å²) in [6.07, 6.45) is 1.51. The second-order valence-electron chi connectivity index (χ2n) is 4.77. The van der Waals surface area contributed by atoms with Crippen LogP contribution in [0.15, 0.2) is 16.7 Å². The maximum absolute atomic E-state index is 11.7. The van der Waals surface area contributed by atoms with E-state index >= 15 is 0 Å². The van der Waals surface area contributed by atoms with Gasteiger partial charge in [0, 0.05) is 29.8 Å². The Morgan fingerprint density at radius 3 is 2.90 bits per heavy atom. The Morgan fingerprint density at radius 2 is 2.30 bits per heavy atom. The van der Waals surface area contributed by atoms with E-state index in [2.05, 4.69) is 20.9 Å². The van der Waals surface area contributed by atoms with Gasteiger partial charge in [0.15, 0.2) is 0 Å². The van der Waals surface area contributed by atoms with E-state index in [0.717, 1.165) is 0 Å². The Labute approximate surface area is 124 Å². The van der Waals surface area contributed by atoms with E-state index in [-0.39, 0.29) is 29.3 Å². The molecule has 0 amide bonds. The molecule has 8 heteroatoms. The fourth-order valence-corrected chi connectivity index (χ4v) is 2.72. The monoisotopic (exact) mass is 343 g/mol. The lowest BCUT2D eigenvalue weighted by molar-refractivity contribution is -0.384. The highest BCUT2D eigenvalue weighted by molar-refractivity contribution is 9.10. The molecule has 0 N–H and O–H groups in total. The number of hydrogen-bond donors (Lipinski definition) is 0. The number of halogens is 1. The number of aromatic nitrogens is 1. The molecule has 1 saturated heterocycles. The largest absolute Gasteiger partial charge is 0.469 e. The quantitative estimate of drug-likeness (QED) is 0.474. The summed E-state index contributed by atoms with van der Waals surface area (Å²) in [6, 6.07) is 1.42. The molecule has 0 saturated carbocycles. The number of hydrogen-bond acceptors (Lipinski definition) is 6. The zero-order valence-corrected chi connectivity index (χ0v) is 12.7. The summed E-state index contributed by atoms with van der Waals surface area (Å²) in [5.74, 6) is -0.228. The molecule has 2 heterocycles. The molecular weight excluding hydrogens is 330 g/mol. The molecule has 1 fully saturated rings. The van der Waals surface area contributed by atoms with Gasteiger partial charge < -0.3 is 9.64 Å². The summed E-state index contributed by atoms with van der Waals surface area (Å²) in [5.41, 5.74) is -0.0721. The van der Waals surface area contributed by atoms with Gasteiger partial charge in [0.25, 0.3) is 0 Å². The second-order valence-corrected chi connectivity index (χ2v) is 5.68. The lowest BCUT2D eigenvalue weighted by atomic mass is 9.99. The Kier molecular flexibility index (Phi) is 4.22. The average Bonchev–Trinajstić information content (AvgIpc) is 2.79. The Balaban J connectivity index is 2.30. The first-order valence-electron chi connectivity index (χ1n) is 6.06. The van der Waals surface area contributed by atoms with Gasteiger partial charge in [-0.05, 0) is 21.8 Å². The van der Waals surface area contributed by atoms with Crippen LogP contribution in [0.1, 0.15) is 6.92 Å². The minimum Gasteiger partial charge on any atom is -0.469 e. The summed E-state index contributed by atoms with van der Waals surface area (Å²) >= 11 is 3.17. The van der Waals surface area contributed by atoms with Crippen molar-refractivity contribution < 1.29 is 14.5 Å². The zero-order chi connectivity index (χ0) is 14.9. The maximum atomic E-state index is 11.7. The highest BCUT2D eigenvalue weighted by Crippen LogP contribution is 2.34. The van der Waals surface area contributed by atoms with E-state index in [4.69, 9.17) is 4.74 Å². The van der Waals surface area contributed by atoms with E-state index in [0.29, 0.717) is 17.6 Å². The lowest BCUT2D eigenvalue weighted by Gasteiger charge is -2.16. The first-order valence-corrected chi connectivity index (χ1v) is 6.86. The third kappa shape index (κ3) is 2.74. The Hall–Kier alpha value is -1.70. The lowest BCUT2D eigenvalue weighted by Crippen LogP contribution is -2.25. The normalized spacial score (nSPS) is 21.9. The van der Waals surface area contributed by atoms with Crippen molar-refractivity contribution >= 4 is 33.4 Å². The number of anilines is 1. The van der Waals surface area contributed by atoms with Gasteiger partial charge in [-0.1, -0.05) is 6.92 Å². The van der Waals surface area contributed by atoms with Gasteiger partial charge in [0.1, 0.15) is 0 Å². The SMILES string of the molecule is COC(=O)C1CN(c2ncc(Br)cc2[N+](=O)[O-])CC1C. The molecule has 1 aromatic rings. The molecule has 0 bridgehead atoms. The predicted molar refractivity (Wildman–Crippen MR) is 75.5 cm³/mol. The number of ether oxygens (including phenoxy) is 1. The van der Waals surface area contributed by atoms with E-state index in [1.54, 1.807) is 4.90 Å². The molecule has 108 valence electrons. The molecule has 20 heavy (non-hydrogen) atoms. The van der Waals surface area contributed by atoms with Crippen LogP contribution in [0.25, 0.3) is 0 Å². The fraction of sp³-hybridized carbons (Fsp3) is 0.500. The van der Waals surface area contributed by atoms with Crippen LogP contribution >= 0.6 is 15.9 Å². The molecule has 0 aliphatic carbocycles. The van der Waals surface area contributed by atoms with Crippen LogP contribution in [-0.2, 0) is 9.53 Å². The van der Waals surface area contributed by atoms with Gasteiger partial charge in [-0.15, -0.1) is 0 Å². The third-order valence-electron chi connectivity index (χ3n) is 3.43. The fourth-order valence-electron chi connectivity index (χ4n) is 2.40. The van der Waals surface area contributed by atoms with E-state index in [1.165, 1.54) is 19.4 Å². The second kappa shape index (κ2) is 5.74. The minimum absolute atomic E-state index is 0.0625. The first kappa shape index (κ1) is 14.7. The molecule has 0 radical (unpaired) electrons. The van der Waals surface area contributed by atoms with Gasteiger partial charge in [0.2, 0.25) is 5.82 Å². The van der Waals surface area contributed by atoms with Crippen LogP contribution in [-0.4, -0.2) is 36.1 Å². The summed E-state index contributed by atoms with van der Waals surface area (Å²) in [4.78, 5) is 28.2. The van der Waals surface area contributed by atoms with Crippen molar-refractivity contribution in [3.8, 4) is 0 Å². The molecule has 2 unspecified atom stereocenters. The van der Waals surface area contributed by atoms with Gasteiger partial charge in [-0.2, -0.15) is 0 Å². The average molecular weight is 344 g/mol. The number of carbonyl (C=O) groups excluding carboxylic acids is 1. The number of esters is 1. The van der Waals surface area contributed by atoms with Crippen molar-refractivity contribution in [2.75, 3.05) is 25.1 Å². The van der Waals surface area contributed by atoms with E-state index in [9.17, 15) is 14.9 Å². The predicted octanol–water partition coefficient (Wildman–Crippen LogP) is 2.00. The number of pyridine rings is 1. The van der Waals surface area contributed by atoms with Crippen molar-refractivity contribution in [3.05, 3.63) is 26.9 Å². The topological polar surface area (TPSA) is 85.6 Å². The van der Waals surface area contributed by atoms with Crippen LogP contribution in [0.3, 0.4) is 0 Å². The van der Waals surface area contributed by atoms with Crippen molar-refractivity contribution in [3.63, 3.8) is 0 Å². The van der Waals surface area contributed by atoms with Gasteiger partial charge in [0.05, 0.1) is 18.0 Å². The molecule has 1 aromatic heterocycles. The molecule has 1 aliphatic heterocycles. The molecular formula is C12H14BrN3O4. The highest BCUT2D eigenvalue weighted by atomic mass is 79.9. The smallest absolute Gasteiger partial charge is 0.312 e. The maximum Gasteiger partial charge on any atom is 0.312 e. The van der Waals surface area contributed by atoms with Crippen LogP contribution in [0, 0.1) is 22.0 Å². The summed E-state index contributed by atoms with van der Waals surface area (Å²) in [5, 5.41) is 11.1. The number of carbonyl (C=O) groups is 1. The summed E-state index contributed by atoms with van der Waals surface area (Å²) in [6.45, 7) is 2.84. The molecule has 2 atom stereocenters. The van der Waals surface area contributed by atoms with Crippen molar-refractivity contribution in [2.24, 2.45) is 11.8 Å². The number of rotatable bonds is 3. The van der Waals surface area contributed by atoms with Crippen LogP contribution < -0.4 is 4.90 Å².